The van der Waals surface area contributed by atoms with Gasteiger partial charge in [0.05, 0.1) is 0 Å². The van der Waals surface area contributed by atoms with Gasteiger partial charge in [0.2, 0.25) is 0 Å². The van der Waals surface area contributed by atoms with Crippen LogP contribution in [0.15, 0.2) is 0 Å². The van der Waals surface area contributed by atoms with Crippen LogP contribution in [-0.4, -0.2) is 33.6 Å². The summed E-state index contributed by atoms with van der Waals surface area (Å²) in [5, 5.41) is 14.8. The molecule has 0 aromatic heterocycles. The molecule has 0 unspecified atom stereocenters. The van der Waals surface area contributed by atoms with Gasteiger partial charge in [-0.25, -0.2) is 9.59 Å². The van der Waals surface area contributed by atoms with Crippen LogP contribution in [0, 0.1) is 0 Å². The van der Waals surface area contributed by atoms with Crippen molar-refractivity contribution in [2.24, 2.45) is 11.5 Å². The number of carbonyl (C=O) groups excluding carboxylic acids is 1. The van der Waals surface area contributed by atoms with Crippen molar-refractivity contribution in [1.29, 1.82) is 0 Å². The molecular formula is C24H48N2O5. The SMILES string of the molecule is CCCCCCCCCCCCCCCC(=O)C(N)(N)CCCCC.O=C(O)C(=O)O. The molecule has 0 aliphatic rings. The van der Waals surface area contributed by atoms with Gasteiger partial charge < -0.3 is 21.7 Å². The molecule has 0 aliphatic heterocycles. The number of carbonyl (C=O) groups is 3. The number of hydrogen-bond donors (Lipinski definition) is 4. The van der Waals surface area contributed by atoms with Crippen molar-refractivity contribution in [2.45, 2.75) is 135 Å². The molecule has 0 aliphatic carbocycles. The quantitative estimate of drug-likeness (QED) is 0.119. The third-order valence-corrected chi connectivity index (χ3v) is 5.40. The summed E-state index contributed by atoms with van der Waals surface area (Å²) in [5.41, 5.74) is 10.9. The predicted molar refractivity (Wildman–Crippen MR) is 126 cm³/mol. The van der Waals surface area contributed by atoms with Crippen LogP contribution in [0.2, 0.25) is 0 Å². The van der Waals surface area contributed by atoms with Crippen LogP contribution < -0.4 is 11.5 Å². The minimum Gasteiger partial charge on any atom is -0.473 e. The first kappa shape index (κ1) is 31.7. The lowest BCUT2D eigenvalue weighted by atomic mass is 9.95. The maximum atomic E-state index is 12.1. The third-order valence-electron chi connectivity index (χ3n) is 5.40. The van der Waals surface area contributed by atoms with E-state index in [2.05, 4.69) is 13.8 Å². The first-order valence-electron chi connectivity index (χ1n) is 12.3. The van der Waals surface area contributed by atoms with Gasteiger partial charge in [-0.15, -0.1) is 0 Å². The molecule has 0 fully saturated rings. The summed E-state index contributed by atoms with van der Waals surface area (Å²) >= 11 is 0. The van der Waals surface area contributed by atoms with Gasteiger partial charge >= 0.3 is 11.9 Å². The zero-order valence-corrected chi connectivity index (χ0v) is 20.0. The Morgan fingerprint density at radius 2 is 0.903 bits per heavy atom. The predicted octanol–water partition coefficient (Wildman–Crippen LogP) is 5.39. The number of unbranched alkanes of at least 4 members (excludes halogenated alkanes) is 14. The number of rotatable bonds is 19. The average Bonchev–Trinajstić information content (AvgIpc) is 2.71. The molecule has 0 heterocycles. The Bertz CT molecular complexity index is 455. The molecule has 0 saturated heterocycles. The molecule has 0 bridgehead atoms. The molecule has 0 aromatic carbocycles. The first-order chi connectivity index (χ1) is 14.7. The van der Waals surface area contributed by atoms with Gasteiger partial charge in [-0.05, 0) is 19.3 Å². The highest BCUT2D eigenvalue weighted by atomic mass is 16.4. The lowest BCUT2D eigenvalue weighted by Gasteiger charge is -2.22. The van der Waals surface area contributed by atoms with E-state index in [4.69, 9.17) is 31.3 Å². The number of aliphatic carboxylic acids is 2. The Balaban J connectivity index is 0. The maximum absolute atomic E-state index is 12.1. The Kier molecular flexibility index (Phi) is 22.3. The minimum atomic E-state index is -1.82. The van der Waals surface area contributed by atoms with E-state index in [0.29, 0.717) is 12.8 Å². The highest BCUT2D eigenvalue weighted by Crippen LogP contribution is 2.15. The summed E-state index contributed by atoms with van der Waals surface area (Å²) in [6, 6.07) is 0. The molecule has 0 rings (SSSR count). The zero-order chi connectivity index (χ0) is 24.0. The van der Waals surface area contributed by atoms with Crippen LogP contribution in [-0.2, 0) is 14.4 Å². The molecule has 31 heavy (non-hydrogen) atoms. The van der Waals surface area contributed by atoms with Crippen molar-refractivity contribution in [3.63, 3.8) is 0 Å². The summed E-state index contributed by atoms with van der Waals surface area (Å²) < 4.78 is 0. The smallest absolute Gasteiger partial charge is 0.414 e. The normalized spacial score (nSPS) is 11.0. The van der Waals surface area contributed by atoms with Crippen molar-refractivity contribution in [3.05, 3.63) is 0 Å². The highest BCUT2D eigenvalue weighted by molar-refractivity contribution is 6.27. The van der Waals surface area contributed by atoms with Gasteiger partial charge in [0, 0.05) is 6.42 Å². The fraction of sp³-hybridized carbons (Fsp3) is 0.875. The first-order valence-corrected chi connectivity index (χ1v) is 12.3. The minimum absolute atomic E-state index is 0.0478. The van der Waals surface area contributed by atoms with E-state index in [1.54, 1.807) is 0 Å². The fourth-order valence-electron chi connectivity index (χ4n) is 3.34. The molecule has 0 radical (unpaired) electrons. The lowest BCUT2D eigenvalue weighted by Crippen LogP contribution is -2.56. The van der Waals surface area contributed by atoms with Crippen molar-refractivity contribution >= 4 is 17.7 Å². The Labute approximate surface area is 189 Å². The average molecular weight is 445 g/mol. The zero-order valence-electron chi connectivity index (χ0n) is 20.0. The van der Waals surface area contributed by atoms with E-state index < -0.39 is 17.6 Å². The van der Waals surface area contributed by atoms with E-state index >= 15 is 0 Å². The molecule has 7 nitrogen and oxygen atoms in total. The lowest BCUT2D eigenvalue weighted by molar-refractivity contribution is -0.159. The molecular weight excluding hydrogens is 396 g/mol. The summed E-state index contributed by atoms with van der Waals surface area (Å²) in [4.78, 5) is 30.3. The van der Waals surface area contributed by atoms with E-state index in [1.807, 2.05) is 0 Å². The van der Waals surface area contributed by atoms with Gasteiger partial charge in [0.1, 0.15) is 5.66 Å². The van der Waals surface area contributed by atoms with Gasteiger partial charge in [0.15, 0.2) is 5.78 Å². The molecule has 7 heteroatoms. The van der Waals surface area contributed by atoms with Crippen LogP contribution in [0.5, 0.6) is 0 Å². The Hall–Kier alpha value is -1.47. The van der Waals surface area contributed by atoms with Crippen LogP contribution >= 0.6 is 0 Å². The van der Waals surface area contributed by atoms with Gasteiger partial charge in [0.25, 0.3) is 0 Å². The number of hydrogen-bond acceptors (Lipinski definition) is 5. The molecule has 0 saturated carbocycles. The monoisotopic (exact) mass is 444 g/mol. The van der Waals surface area contributed by atoms with Crippen LogP contribution in [0.25, 0.3) is 0 Å². The molecule has 0 spiro atoms. The van der Waals surface area contributed by atoms with E-state index in [9.17, 15) is 4.79 Å². The second kappa shape index (κ2) is 21.8. The summed E-state index contributed by atoms with van der Waals surface area (Å²) in [7, 11) is 0. The molecule has 0 aromatic rings. The summed E-state index contributed by atoms with van der Waals surface area (Å²) in [6.07, 6.45) is 21.5. The number of ketones is 1. The maximum Gasteiger partial charge on any atom is 0.414 e. The van der Waals surface area contributed by atoms with Crippen LogP contribution in [0.3, 0.4) is 0 Å². The van der Waals surface area contributed by atoms with E-state index in [-0.39, 0.29) is 5.78 Å². The van der Waals surface area contributed by atoms with Gasteiger partial charge in [-0.1, -0.05) is 104 Å². The Morgan fingerprint density at radius 3 is 1.26 bits per heavy atom. The topological polar surface area (TPSA) is 144 Å². The van der Waals surface area contributed by atoms with E-state index in [0.717, 1.165) is 32.1 Å². The molecule has 0 atom stereocenters. The van der Waals surface area contributed by atoms with Crippen LogP contribution in [0.1, 0.15) is 129 Å². The largest absolute Gasteiger partial charge is 0.473 e. The van der Waals surface area contributed by atoms with Crippen molar-refractivity contribution < 1.29 is 24.6 Å². The standard InChI is InChI=1S/C22H46N2O.C2H2O4/c1-3-5-7-8-9-10-11-12-13-14-15-16-17-19-21(25)22(23,24)20-18-6-4-2;3-1(4)2(5)6/h3-20,23-24H2,1-2H3;(H,3,4)(H,5,6). The number of carboxylic acid groups (broad SMARTS) is 2. The van der Waals surface area contributed by atoms with Crippen LogP contribution in [0.4, 0.5) is 0 Å². The van der Waals surface area contributed by atoms with Crippen molar-refractivity contribution in [1.82, 2.24) is 0 Å². The van der Waals surface area contributed by atoms with Crippen molar-refractivity contribution in [2.75, 3.05) is 0 Å². The Morgan fingerprint density at radius 1 is 0.581 bits per heavy atom. The second-order valence-corrected chi connectivity index (χ2v) is 8.52. The third kappa shape index (κ3) is 23.0. The second-order valence-electron chi connectivity index (χ2n) is 8.52. The number of carboxylic acids is 2. The van der Waals surface area contributed by atoms with Crippen molar-refractivity contribution in [3.8, 4) is 0 Å². The van der Waals surface area contributed by atoms with Gasteiger partial charge in [-0.3, -0.25) is 4.79 Å². The fourth-order valence-corrected chi connectivity index (χ4v) is 3.34. The highest BCUT2D eigenvalue weighted by Gasteiger charge is 2.27. The summed E-state index contributed by atoms with van der Waals surface area (Å²) in [5.74, 6) is -3.60. The summed E-state index contributed by atoms with van der Waals surface area (Å²) in [6.45, 7) is 4.41. The molecule has 6 N–H and O–H groups in total. The number of Topliss-reactive ketones (excluding diaryl/α,β-unsaturated/α-hetero) is 1. The number of nitrogens with two attached hydrogens (primary N) is 2. The van der Waals surface area contributed by atoms with E-state index in [1.165, 1.54) is 70.6 Å². The molecule has 184 valence electrons. The van der Waals surface area contributed by atoms with Gasteiger partial charge in [-0.2, -0.15) is 0 Å². The molecule has 0 amide bonds.